The lowest BCUT2D eigenvalue weighted by atomic mass is 10.2. The Morgan fingerprint density at radius 2 is 2.00 bits per heavy atom. The van der Waals surface area contributed by atoms with E-state index in [2.05, 4.69) is 9.89 Å². The number of rotatable bonds is 4. The Kier molecular flexibility index (Phi) is 5.91. The maximum atomic E-state index is 11.7. The molecule has 7 heteroatoms. The molecule has 0 unspecified atom stereocenters. The van der Waals surface area contributed by atoms with Crippen molar-refractivity contribution in [3.8, 4) is 0 Å². The number of nitrogens with zero attached hydrogens (tertiary/aromatic N) is 3. The topological polar surface area (TPSA) is 61.9 Å². The first-order valence-electron chi connectivity index (χ1n) is 7.26. The number of halogens is 2. The Bertz CT molecular complexity index is 569. The number of hydrogen-bond acceptors (Lipinski definition) is 3. The summed E-state index contributed by atoms with van der Waals surface area (Å²) in [7, 11) is 0. The van der Waals surface area contributed by atoms with Crippen LogP contribution in [0.4, 0.5) is 11.4 Å². The van der Waals surface area contributed by atoms with E-state index in [1.807, 2.05) is 24.0 Å². The molecule has 0 atom stereocenters. The van der Waals surface area contributed by atoms with Gasteiger partial charge in [-0.2, -0.15) is 0 Å². The van der Waals surface area contributed by atoms with Gasteiger partial charge in [-0.15, -0.1) is 11.6 Å². The van der Waals surface area contributed by atoms with Gasteiger partial charge in [0.1, 0.15) is 5.84 Å². The first-order chi connectivity index (χ1) is 10.5. The predicted octanol–water partition coefficient (Wildman–Crippen LogP) is 2.63. The van der Waals surface area contributed by atoms with Crippen molar-refractivity contribution in [1.29, 1.82) is 0 Å². The van der Waals surface area contributed by atoms with Crippen LogP contribution in [0.5, 0.6) is 0 Å². The number of piperazine rings is 1. The fourth-order valence-corrected chi connectivity index (χ4v) is 2.79. The normalized spacial score (nSPS) is 16.0. The summed E-state index contributed by atoms with van der Waals surface area (Å²) in [5, 5.41) is 0.624. The Hall–Kier alpha value is -1.46. The molecular weight excluding hydrogens is 323 g/mol. The molecule has 5 nitrogen and oxygen atoms in total. The van der Waals surface area contributed by atoms with E-state index in [-0.39, 0.29) is 11.8 Å². The van der Waals surface area contributed by atoms with E-state index in [1.54, 1.807) is 6.07 Å². The smallest absolute Gasteiger partial charge is 0.222 e. The Morgan fingerprint density at radius 1 is 1.32 bits per heavy atom. The number of amides is 1. The fraction of sp³-hybridized carbons (Fsp3) is 0.467. The number of amidine groups is 1. The minimum atomic E-state index is 0.187. The zero-order chi connectivity index (χ0) is 16.1. The van der Waals surface area contributed by atoms with Crippen molar-refractivity contribution >= 4 is 46.3 Å². The van der Waals surface area contributed by atoms with Gasteiger partial charge in [-0.05, 0) is 18.2 Å². The highest BCUT2D eigenvalue weighted by Gasteiger charge is 2.21. The first-order valence-corrected chi connectivity index (χ1v) is 8.17. The Labute approximate surface area is 140 Å². The molecule has 0 aromatic heterocycles. The lowest BCUT2D eigenvalue weighted by molar-refractivity contribution is -0.131. The van der Waals surface area contributed by atoms with E-state index in [1.165, 1.54) is 0 Å². The zero-order valence-corrected chi connectivity index (χ0v) is 14.1. The first kappa shape index (κ1) is 16.9. The average Bonchev–Trinajstić information content (AvgIpc) is 2.54. The molecule has 1 fully saturated rings. The molecule has 0 saturated carbocycles. The van der Waals surface area contributed by atoms with Gasteiger partial charge in [0.25, 0.3) is 0 Å². The van der Waals surface area contributed by atoms with Gasteiger partial charge in [-0.1, -0.05) is 18.5 Å². The standard InChI is InChI=1S/C15H20Cl2N4O/c1-2-15(22)21-7-5-20(6-8-21)13-4-3-11(9-12(13)17)19-14(18)10-16/h3-4,9H,2,5-8,10H2,1H3,(H2,18,19). The quantitative estimate of drug-likeness (QED) is 0.519. The van der Waals surface area contributed by atoms with Crippen molar-refractivity contribution in [2.45, 2.75) is 13.3 Å². The van der Waals surface area contributed by atoms with Crippen LogP contribution >= 0.6 is 23.2 Å². The number of nitrogens with two attached hydrogens (primary N) is 1. The highest BCUT2D eigenvalue weighted by molar-refractivity contribution is 6.33. The van der Waals surface area contributed by atoms with E-state index >= 15 is 0 Å². The molecule has 22 heavy (non-hydrogen) atoms. The molecule has 0 aliphatic carbocycles. The molecule has 1 aromatic carbocycles. The molecule has 1 amide bonds. The highest BCUT2D eigenvalue weighted by atomic mass is 35.5. The van der Waals surface area contributed by atoms with E-state index in [4.69, 9.17) is 28.9 Å². The number of benzene rings is 1. The molecule has 1 aliphatic heterocycles. The van der Waals surface area contributed by atoms with Crippen LogP contribution in [0, 0.1) is 0 Å². The molecule has 0 radical (unpaired) electrons. The van der Waals surface area contributed by atoms with Crippen LogP contribution in [-0.2, 0) is 4.79 Å². The van der Waals surface area contributed by atoms with Crippen molar-refractivity contribution in [3.05, 3.63) is 23.2 Å². The summed E-state index contributed by atoms with van der Waals surface area (Å²) in [4.78, 5) is 19.9. The van der Waals surface area contributed by atoms with Crippen molar-refractivity contribution in [3.63, 3.8) is 0 Å². The predicted molar refractivity (Wildman–Crippen MR) is 92.5 cm³/mol. The summed E-state index contributed by atoms with van der Waals surface area (Å²) < 4.78 is 0. The van der Waals surface area contributed by atoms with Gasteiger partial charge < -0.3 is 15.5 Å². The summed E-state index contributed by atoms with van der Waals surface area (Å²) in [6, 6.07) is 5.57. The van der Waals surface area contributed by atoms with Crippen LogP contribution in [0.2, 0.25) is 5.02 Å². The number of carbonyl (C=O) groups is 1. The average molecular weight is 343 g/mol. The van der Waals surface area contributed by atoms with Gasteiger partial charge >= 0.3 is 0 Å². The number of alkyl halides is 1. The highest BCUT2D eigenvalue weighted by Crippen LogP contribution is 2.30. The van der Waals surface area contributed by atoms with Gasteiger partial charge in [-0.25, -0.2) is 4.99 Å². The Morgan fingerprint density at radius 3 is 2.55 bits per heavy atom. The second kappa shape index (κ2) is 7.70. The monoisotopic (exact) mass is 342 g/mol. The molecule has 1 aliphatic rings. The minimum Gasteiger partial charge on any atom is -0.386 e. The van der Waals surface area contributed by atoms with Crippen molar-refractivity contribution in [2.75, 3.05) is 37.0 Å². The largest absolute Gasteiger partial charge is 0.386 e. The second-order valence-electron chi connectivity index (χ2n) is 5.09. The number of anilines is 1. The summed E-state index contributed by atoms with van der Waals surface area (Å²) in [5.41, 5.74) is 7.26. The van der Waals surface area contributed by atoms with Gasteiger partial charge in [0.05, 0.1) is 22.3 Å². The van der Waals surface area contributed by atoms with Gasteiger partial charge in [-0.3, -0.25) is 4.79 Å². The van der Waals surface area contributed by atoms with Crippen LogP contribution < -0.4 is 10.6 Å². The van der Waals surface area contributed by atoms with Gasteiger partial charge in [0.2, 0.25) is 5.91 Å². The molecule has 1 saturated heterocycles. The third-order valence-corrected chi connectivity index (χ3v) is 4.19. The maximum absolute atomic E-state index is 11.7. The minimum absolute atomic E-state index is 0.187. The molecule has 2 rings (SSSR count). The summed E-state index contributed by atoms with van der Waals surface area (Å²) in [5.74, 6) is 0.747. The van der Waals surface area contributed by atoms with E-state index in [0.29, 0.717) is 23.0 Å². The number of aliphatic imine (C=N–C) groups is 1. The van der Waals surface area contributed by atoms with Gasteiger partial charge in [0, 0.05) is 32.6 Å². The van der Waals surface area contributed by atoms with Gasteiger partial charge in [0.15, 0.2) is 0 Å². The van der Waals surface area contributed by atoms with Crippen molar-refractivity contribution in [2.24, 2.45) is 10.7 Å². The van der Waals surface area contributed by atoms with Crippen LogP contribution in [0.25, 0.3) is 0 Å². The summed E-state index contributed by atoms with van der Waals surface area (Å²) in [6.07, 6.45) is 0.551. The van der Waals surface area contributed by atoms with Crippen LogP contribution in [0.1, 0.15) is 13.3 Å². The van der Waals surface area contributed by atoms with E-state index < -0.39 is 0 Å². The van der Waals surface area contributed by atoms with Crippen LogP contribution in [0.3, 0.4) is 0 Å². The number of carbonyl (C=O) groups excluding carboxylic acids is 1. The fourth-order valence-electron chi connectivity index (χ4n) is 2.44. The summed E-state index contributed by atoms with van der Waals surface area (Å²) in [6.45, 7) is 4.89. The molecule has 0 spiro atoms. The lowest BCUT2D eigenvalue weighted by Gasteiger charge is -2.36. The van der Waals surface area contributed by atoms with E-state index in [0.717, 1.165) is 31.9 Å². The summed E-state index contributed by atoms with van der Waals surface area (Å²) >= 11 is 12.0. The molecule has 0 bridgehead atoms. The Balaban J connectivity index is 2.06. The number of hydrogen-bond donors (Lipinski definition) is 1. The van der Waals surface area contributed by atoms with Crippen LogP contribution in [-0.4, -0.2) is 48.7 Å². The molecular formula is C15H20Cl2N4O. The molecule has 1 aromatic rings. The molecule has 120 valence electrons. The zero-order valence-electron chi connectivity index (χ0n) is 12.6. The third kappa shape index (κ3) is 4.05. The van der Waals surface area contributed by atoms with Crippen LogP contribution in [0.15, 0.2) is 23.2 Å². The third-order valence-electron chi connectivity index (χ3n) is 3.62. The van der Waals surface area contributed by atoms with E-state index in [9.17, 15) is 4.79 Å². The lowest BCUT2D eigenvalue weighted by Crippen LogP contribution is -2.48. The van der Waals surface area contributed by atoms with Crippen molar-refractivity contribution in [1.82, 2.24) is 4.90 Å². The SMILES string of the molecule is CCC(=O)N1CCN(c2ccc(N=C(N)CCl)cc2Cl)CC1. The second-order valence-corrected chi connectivity index (χ2v) is 5.77. The maximum Gasteiger partial charge on any atom is 0.222 e. The molecule has 2 N–H and O–H groups in total. The molecule has 1 heterocycles. The van der Waals surface area contributed by atoms with Crippen molar-refractivity contribution < 1.29 is 4.79 Å².